The van der Waals surface area contributed by atoms with Gasteiger partial charge < -0.3 is 0 Å². The van der Waals surface area contributed by atoms with Gasteiger partial charge in [0.2, 0.25) is 0 Å². The van der Waals surface area contributed by atoms with Gasteiger partial charge in [0.25, 0.3) is 0 Å². The van der Waals surface area contributed by atoms with Crippen molar-refractivity contribution in [2.75, 3.05) is 0 Å². The summed E-state index contributed by atoms with van der Waals surface area (Å²) in [4.78, 5) is 0. The van der Waals surface area contributed by atoms with Gasteiger partial charge in [-0.25, -0.2) is 0 Å². The third-order valence-electron chi connectivity index (χ3n) is 12.5. The summed E-state index contributed by atoms with van der Waals surface area (Å²) in [5.41, 5.74) is 12.7. The summed E-state index contributed by atoms with van der Waals surface area (Å²) < 4.78 is 5.66. The van der Waals surface area contributed by atoms with Crippen LogP contribution in [0.5, 0.6) is 0 Å². The van der Waals surface area contributed by atoms with E-state index in [-0.39, 0.29) is 0 Å². The second-order valence-corrected chi connectivity index (χ2v) is 32.3. The second-order valence-electron chi connectivity index (χ2n) is 14.7. The van der Waals surface area contributed by atoms with E-state index < -0.39 is 20.0 Å². The van der Waals surface area contributed by atoms with Crippen LogP contribution in [0.25, 0.3) is 33.2 Å². The monoisotopic (exact) mass is 782 g/mol. The summed E-state index contributed by atoms with van der Waals surface area (Å²) in [7, 11) is 0. The first kappa shape index (κ1) is 31.3. The van der Waals surface area contributed by atoms with Crippen molar-refractivity contribution in [3.8, 4) is 0 Å². The number of unbranched alkanes of at least 4 members (excludes halogenated alkanes) is 1. The van der Waals surface area contributed by atoms with Crippen molar-refractivity contribution >= 4 is 33.2 Å². The Kier molecular flexibility index (Phi) is 8.50. The third kappa shape index (κ3) is 5.10. The van der Waals surface area contributed by atoms with E-state index in [9.17, 15) is 0 Å². The molecule has 1 aliphatic heterocycles. The Balaban J connectivity index is 1.35. The van der Waals surface area contributed by atoms with E-state index in [0.29, 0.717) is 17.8 Å². The molecule has 47 heavy (non-hydrogen) atoms. The first-order chi connectivity index (χ1) is 23.1. The minimum absolute atomic E-state index is 0.502. The topological polar surface area (TPSA) is 0 Å². The third-order valence-corrected chi connectivity index (χ3v) is 31.6. The molecule has 4 atom stereocenters. The van der Waals surface area contributed by atoms with E-state index in [4.69, 9.17) is 0 Å². The zero-order valence-corrected chi connectivity index (χ0v) is 32.5. The van der Waals surface area contributed by atoms with Crippen molar-refractivity contribution in [2.24, 2.45) is 5.92 Å². The fourth-order valence-electron chi connectivity index (χ4n) is 10.3. The van der Waals surface area contributed by atoms with Gasteiger partial charge in [-0.1, -0.05) is 0 Å². The Morgan fingerprint density at radius 3 is 2.04 bits per heavy atom. The van der Waals surface area contributed by atoms with Crippen LogP contribution in [0.4, 0.5) is 0 Å². The molecule has 0 spiro atoms. The molecular formula is C46H50Hf. The summed E-state index contributed by atoms with van der Waals surface area (Å²) in [5, 5.41) is 5.59. The van der Waals surface area contributed by atoms with E-state index >= 15 is 0 Å². The molecule has 2 aliphatic carbocycles. The van der Waals surface area contributed by atoms with Gasteiger partial charge in [0.1, 0.15) is 0 Å². The van der Waals surface area contributed by atoms with Gasteiger partial charge in [-0.3, -0.25) is 0 Å². The van der Waals surface area contributed by atoms with E-state index in [2.05, 4.69) is 137 Å². The zero-order chi connectivity index (χ0) is 32.1. The van der Waals surface area contributed by atoms with Crippen molar-refractivity contribution in [1.29, 1.82) is 0 Å². The van der Waals surface area contributed by atoms with Gasteiger partial charge in [0.15, 0.2) is 0 Å². The van der Waals surface area contributed by atoms with E-state index in [1.165, 1.54) is 51.9 Å². The Morgan fingerprint density at radius 2 is 1.32 bits per heavy atom. The zero-order valence-electron chi connectivity index (χ0n) is 28.9. The van der Waals surface area contributed by atoms with E-state index in [0.717, 1.165) is 16.5 Å². The van der Waals surface area contributed by atoms with Crippen LogP contribution in [-0.4, -0.2) is 0 Å². The normalized spacial score (nSPS) is 20.7. The summed E-state index contributed by atoms with van der Waals surface area (Å²) in [6.07, 6.45) is 8.98. The predicted molar refractivity (Wildman–Crippen MR) is 201 cm³/mol. The molecule has 4 unspecified atom stereocenters. The molecule has 3 aliphatic rings. The van der Waals surface area contributed by atoms with Crippen molar-refractivity contribution in [3.05, 3.63) is 142 Å². The molecule has 1 heterocycles. The number of hydrogen-bond donors (Lipinski definition) is 0. The summed E-state index contributed by atoms with van der Waals surface area (Å²) in [6.45, 7) is 9.86. The Morgan fingerprint density at radius 1 is 0.638 bits per heavy atom. The molecule has 0 amide bonds. The van der Waals surface area contributed by atoms with Gasteiger partial charge in [0, 0.05) is 0 Å². The molecule has 0 nitrogen and oxygen atoms in total. The molecule has 5 aromatic rings. The first-order valence-corrected chi connectivity index (χ1v) is 28.4. The number of fused-ring (bicyclic) bond motifs is 5. The molecule has 1 fully saturated rings. The van der Waals surface area contributed by atoms with Crippen LogP contribution in [0.3, 0.4) is 0 Å². The molecular weight excluding hydrogens is 731 g/mol. The number of allylic oxidation sites excluding steroid dienone is 2. The summed E-state index contributed by atoms with van der Waals surface area (Å²) >= 11 is -2.64. The fourth-order valence-corrected chi connectivity index (χ4v) is 38.9. The Bertz CT molecular complexity index is 2020. The van der Waals surface area contributed by atoms with Crippen LogP contribution in [0, 0.1) is 5.92 Å². The average molecular weight is 781 g/mol. The SMILES string of the molecule is CCC[CH2][Hf]1([CH](C2C(CC)=Cc3c2ccc2ccccc32)C(CC)C2C(CC)=C(c3cccc4ccccc34)c3ccccc32)[CH2][CH2]1. The van der Waals surface area contributed by atoms with Crippen molar-refractivity contribution in [2.45, 2.75) is 87.8 Å². The standard InChI is InChI=1S/C40H37.C4H9.C2H4.Hf/c1-4-26-24-38-32-18-10-8-15-29(32)22-23-33(38)37(26)25-27(5-2)39-30(6-3)40(36-20-12-11-19-35(36)39)34-21-13-16-28-14-7-9-17-31(28)34;1-3-4-2;1-2;/h7-25,27,37,39H,4-6H2,1-3H3;1,3-4H2,2H3;1-2H2;. The maximum absolute atomic E-state index is 2.66. The van der Waals surface area contributed by atoms with Crippen molar-refractivity contribution in [1.82, 2.24) is 0 Å². The second kappa shape index (κ2) is 12.8. The van der Waals surface area contributed by atoms with Gasteiger partial charge in [-0.15, -0.1) is 0 Å². The van der Waals surface area contributed by atoms with Crippen LogP contribution in [0.1, 0.15) is 99.5 Å². The molecule has 0 radical (unpaired) electrons. The maximum atomic E-state index is 2.66. The van der Waals surface area contributed by atoms with Gasteiger partial charge >= 0.3 is 289 Å². The molecule has 0 aromatic heterocycles. The molecule has 0 bridgehead atoms. The summed E-state index contributed by atoms with van der Waals surface area (Å²) in [6, 6.07) is 39.7. The quantitative estimate of drug-likeness (QED) is 0.117. The van der Waals surface area contributed by atoms with Crippen LogP contribution in [0.15, 0.2) is 114 Å². The van der Waals surface area contributed by atoms with Gasteiger partial charge in [-0.05, 0) is 0 Å². The van der Waals surface area contributed by atoms with E-state index in [1.54, 1.807) is 45.9 Å². The number of benzene rings is 5. The number of rotatable bonds is 11. The molecule has 0 saturated carbocycles. The summed E-state index contributed by atoms with van der Waals surface area (Å²) in [5.74, 6) is 1.77. The van der Waals surface area contributed by atoms with Crippen molar-refractivity contribution in [3.63, 3.8) is 0 Å². The van der Waals surface area contributed by atoms with Crippen molar-refractivity contribution < 1.29 is 20.0 Å². The Labute approximate surface area is 287 Å². The fraction of sp³-hybridized carbons (Fsp3) is 0.348. The minimum atomic E-state index is -2.64. The number of hydrogen-bond acceptors (Lipinski definition) is 0. The van der Waals surface area contributed by atoms with Crippen LogP contribution in [0.2, 0.25) is 16.2 Å². The van der Waals surface area contributed by atoms with Crippen LogP contribution < -0.4 is 0 Å². The molecule has 1 saturated heterocycles. The van der Waals surface area contributed by atoms with Crippen LogP contribution in [-0.2, 0) is 20.0 Å². The van der Waals surface area contributed by atoms with E-state index in [1.807, 2.05) is 0 Å². The predicted octanol–water partition coefficient (Wildman–Crippen LogP) is 13.9. The van der Waals surface area contributed by atoms with Gasteiger partial charge in [0.05, 0.1) is 0 Å². The van der Waals surface area contributed by atoms with Crippen LogP contribution >= 0.6 is 0 Å². The first-order valence-electron chi connectivity index (χ1n) is 18.7. The average Bonchev–Trinajstić information content (AvgIpc) is 3.70. The molecule has 1 heteroatoms. The Hall–Kier alpha value is -3.03. The molecule has 0 N–H and O–H groups in total. The van der Waals surface area contributed by atoms with Gasteiger partial charge in [-0.2, -0.15) is 0 Å². The molecule has 8 rings (SSSR count). The molecule has 5 aromatic carbocycles. The molecule has 238 valence electrons.